The van der Waals surface area contributed by atoms with Gasteiger partial charge in [0.05, 0.1) is 11.3 Å². The van der Waals surface area contributed by atoms with Gasteiger partial charge < -0.3 is 11.1 Å². The average molecular weight is 310 g/mol. The van der Waals surface area contributed by atoms with Crippen molar-refractivity contribution >= 4 is 28.8 Å². The Balaban J connectivity index is 2.28. The van der Waals surface area contributed by atoms with E-state index < -0.39 is 28.9 Å². The first kappa shape index (κ1) is 15.0. The highest BCUT2D eigenvalue weighted by atomic mass is 32.1. The minimum atomic E-state index is -1.30. The van der Waals surface area contributed by atoms with E-state index in [1.54, 1.807) is 0 Å². The van der Waals surface area contributed by atoms with Gasteiger partial charge in [0.25, 0.3) is 5.91 Å². The van der Waals surface area contributed by atoms with Crippen molar-refractivity contribution in [2.75, 3.05) is 5.32 Å². The molecule has 3 N–H and O–H groups in total. The van der Waals surface area contributed by atoms with E-state index in [4.69, 9.17) is 18.0 Å². The van der Waals surface area contributed by atoms with Gasteiger partial charge in [-0.1, -0.05) is 18.3 Å². The molecule has 0 radical (unpaired) electrons. The number of nitrogens with two attached hydrogens (primary N) is 1. The van der Waals surface area contributed by atoms with Crippen LogP contribution in [0.1, 0.15) is 15.9 Å². The van der Waals surface area contributed by atoms with Crippen LogP contribution in [0.25, 0.3) is 0 Å². The van der Waals surface area contributed by atoms with E-state index in [0.717, 1.165) is 18.2 Å². The lowest BCUT2D eigenvalue weighted by molar-refractivity contribution is 0.102. The van der Waals surface area contributed by atoms with Crippen molar-refractivity contribution in [1.82, 2.24) is 0 Å². The van der Waals surface area contributed by atoms with Gasteiger partial charge in [-0.3, -0.25) is 4.79 Å². The maximum Gasteiger partial charge on any atom is 0.258 e. The second-order valence-corrected chi connectivity index (χ2v) is 4.55. The molecule has 21 heavy (non-hydrogen) atoms. The summed E-state index contributed by atoms with van der Waals surface area (Å²) in [5.41, 5.74) is 4.93. The van der Waals surface area contributed by atoms with Gasteiger partial charge in [0.1, 0.15) is 10.8 Å². The molecule has 0 aliphatic carbocycles. The van der Waals surface area contributed by atoms with Crippen LogP contribution in [0, 0.1) is 17.5 Å². The highest BCUT2D eigenvalue weighted by Crippen LogP contribution is 2.18. The zero-order valence-corrected chi connectivity index (χ0v) is 11.3. The molecule has 0 aliphatic heterocycles. The molecule has 0 fully saturated rings. The Morgan fingerprint density at radius 1 is 1.10 bits per heavy atom. The van der Waals surface area contributed by atoms with Crippen LogP contribution in [0.2, 0.25) is 0 Å². The summed E-state index contributed by atoms with van der Waals surface area (Å²) in [6.45, 7) is 0. The summed E-state index contributed by atoms with van der Waals surface area (Å²) < 4.78 is 40.3. The number of hydrogen-bond acceptors (Lipinski definition) is 2. The first-order valence-corrected chi connectivity index (χ1v) is 6.15. The van der Waals surface area contributed by atoms with Crippen molar-refractivity contribution < 1.29 is 18.0 Å². The van der Waals surface area contributed by atoms with Gasteiger partial charge in [0.2, 0.25) is 0 Å². The minimum Gasteiger partial charge on any atom is -0.389 e. The van der Waals surface area contributed by atoms with Crippen molar-refractivity contribution in [3.8, 4) is 0 Å². The molecular formula is C14H9F3N2OS. The van der Waals surface area contributed by atoms with Crippen LogP contribution in [0.5, 0.6) is 0 Å². The van der Waals surface area contributed by atoms with Gasteiger partial charge >= 0.3 is 0 Å². The average Bonchev–Trinajstić information content (AvgIpc) is 2.43. The Kier molecular flexibility index (Phi) is 4.23. The van der Waals surface area contributed by atoms with Crippen LogP contribution in [-0.2, 0) is 0 Å². The Bertz CT molecular complexity index is 734. The summed E-state index contributed by atoms with van der Waals surface area (Å²) in [6.07, 6.45) is 0. The molecule has 2 rings (SSSR count). The van der Waals surface area contributed by atoms with Crippen LogP contribution in [-0.4, -0.2) is 10.9 Å². The normalized spacial score (nSPS) is 10.2. The van der Waals surface area contributed by atoms with Crippen LogP contribution in [0.15, 0.2) is 36.4 Å². The first-order valence-electron chi connectivity index (χ1n) is 5.75. The molecular weight excluding hydrogens is 301 g/mol. The van der Waals surface area contributed by atoms with Gasteiger partial charge in [0.15, 0.2) is 11.6 Å². The molecule has 2 aromatic carbocycles. The van der Waals surface area contributed by atoms with Gasteiger partial charge in [-0.15, -0.1) is 0 Å². The van der Waals surface area contributed by atoms with E-state index >= 15 is 0 Å². The molecule has 0 aliphatic rings. The van der Waals surface area contributed by atoms with E-state index in [-0.39, 0.29) is 16.2 Å². The zero-order valence-electron chi connectivity index (χ0n) is 10.5. The SMILES string of the molecule is NC(=S)c1ccc(NC(=O)c2cccc(F)c2F)c(F)c1. The number of benzene rings is 2. The maximum absolute atomic E-state index is 13.8. The molecule has 0 spiro atoms. The van der Waals surface area contributed by atoms with Crippen molar-refractivity contribution in [3.63, 3.8) is 0 Å². The monoisotopic (exact) mass is 310 g/mol. The second kappa shape index (κ2) is 5.92. The van der Waals surface area contributed by atoms with Crippen LogP contribution >= 0.6 is 12.2 Å². The molecule has 0 atom stereocenters. The fraction of sp³-hybridized carbons (Fsp3) is 0. The molecule has 3 nitrogen and oxygen atoms in total. The molecule has 108 valence electrons. The first-order chi connectivity index (χ1) is 9.90. The minimum absolute atomic E-state index is 0.00273. The summed E-state index contributed by atoms with van der Waals surface area (Å²) in [7, 11) is 0. The molecule has 0 aromatic heterocycles. The molecule has 2 aromatic rings. The van der Waals surface area contributed by atoms with Crippen LogP contribution in [0.4, 0.5) is 18.9 Å². The maximum atomic E-state index is 13.8. The van der Waals surface area contributed by atoms with Gasteiger partial charge in [-0.2, -0.15) is 0 Å². The van der Waals surface area contributed by atoms with E-state index in [9.17, 15) is 18.0 Å². The molecule has 0 saturated heterocycles. The Hall–Kier alpha value is -2.41. The number of carbonyl (C=O) groups is 1. The van der Waals surface area contributed by atoms with Gasteiger partial charge in [-0.05, 0) is 30.3 Å². The van der Waals surface area contributed by atoms with Crippen molar-refractivity contribution in [3.05, 3.63) is 65.0 Å². The lowest BCUT2D eigenvalue weighted by Gasteiger charge is -2.08. The highest BCUT2D eigenvalue weighted by Gasteiger charge is 2.16. The number of amides is 1. The second-order valence-electron chi connectivity index (χ2n) is 4.11. The predicted octanol–water partition coefficient (Wildman–Crippen LogP) is 2.99. The molecule has 7 heteroatoms. The number of anilines is 1. The molecule has 1 amide bonds. The zero-order chi connectivity index (χ0) is 15.6. The number of thiocarbonyl (C=S) groups is 1. The lowest BCUT2D eigenvalue weighted by atomic mass is 10.1. The van der Waals surface area contributed by atoms with Crippen molar-refractivity contribution in [2.45, 2.75) is 0 Å². The topological polar surface area (TPSA) is 55.1 Å². The number of rotatable bonds is 3. The third-order valence-corrected chi connectivity index (χ3v) is 2.93. The quantitative estimate of drug-likeness (QED) is 0.857. The Morgan fingerprint density at radius 3 is 2.43 bits per heavy atom. The largest absolute Gasteiger partial charge is 0.389 e. The predicted molar refractivity (Wildman–Crippen MR) is 76.6 cm³/mol. The van der Waals surface area contributed by atoms with E-state index in [1.807, 2.05) is 0 Å². The third-order valence-electron chi connectivity index (χ3n) is 2.70. The Labute approximate surface area is 123 Å². The lowest BCUT2D eigenvalue weighted by Crippen LogP contribution is -2.16. The fourth-order valence-corrected chi connectivity index (χ4v) is 1.77. The van der Waals surface area contributed by atoms with Crippen molar-refractivity contribution in [1.29, 1.82) is 0 Å². The number of hydrogen-bond donors (Lipinski definition) is 2. The van der Waals surface area contributed by atoms with Crippen LogP contribution in [0.3, 0.4) is 0 Å². The van der Waals surface area contributed by atoms with E-state index in [0.29, 0.717) is 0 Å². The third kappa shape index (κ3) is 3.19. The number of nitrogens with one attached hydrogen (secondary N) is 1. The van der Waals surface area contributed by atoms with Gasteiger partial charge in [-0.25, -0.2) is 13.2 Å². The molecule has 0 bridgehead atoms. The van der Waals surface area contributed by atoms with E-state index in [2.05, 4.69) is 5.32 Å². The van der Waals surface area contributed by atoms with Crippen molar-refractivity contribution in [2.24, 2.45) is 5.73 Å². The summed E-state index contributed by atoms with van der Waals surface area (Å²) in [4.78, 5) is 11.8. The van der Waals surface area contributed by atoms with E-state index in [1.165, 1.54) is 18.2 Å². The Morgan fingerprint density at radius 2 is 1.81 bits per heavy atom. The number of halogens is 3. The summed E-state index contributed by atoms with van der Waals surface area (Å²) in [6, 6.07) is 6.83. The number of carbonyl (C=O) groups excluding carboxylic acids is 1. The standard InChI is InChI=1S/C14H9F3N2OS/c15-9-3-1-2-8(12(9)17)14(20)19-11-5-4-7(13(18)21)6-10(11)16/h1-6H,(H2,18,21)(H,19,20). The fourth-order valence-electron chi connectivity index (χ4n) is 1.64. The highest BCUT2D eigenvalue weighted by molar-refractivity contribution is 7.80. The summed E-state index contributed by atoms with van der Waals surface area (Å²) in [5, 5.41) is 2.16. The summed E-state index contributed by atoms with van der Waals surface area (Å²) >= 11 is 4.69. The van der Waals surface area contributed by atoms with Gasteiger partial charge in [0, 0.05) is 5.56 Å². The summed E-state index contributed by atoms with van der Waals surface area (Å²) in [5.74, 6) is -4.21. The smallest absolute Gasteiger partial charge is 0.258 e. The van der Waals surface area contributed by atoms with Crippen LogP contribution < -0.4 is 11.1 Å². The molecule has 0 unspecified atom stereocenters. The molecule has 0 saturated carbocycles. The molecule has 0 heterocycles.